The lowest BCUT2D eigenvalue weighted by atomic mass is 10.1. The first-order chi connectivity index (χ1) is 11.1. The lowest BCUT2D eigenvalue weighted by Gasteiger charge is -2.10. The minimum absolute atomic E-state index is 0.118. The fourth-order valence-electron chi connectivity index (χ4n) is 2.50. The number of carbonyl (C=O) groups is 1. The molecule has 0 atom stereocenters. The maximum atomic E-state index is 12.6. The van der Waals surface area contributed by atoms with Crippen LogP contribution in [-0.4, -0.2) is 15.5 Å². The Balaban J connectivity index is 2.05. The van der Waals surface area contributed by atoms with Crippen molar-refractivity contribution in [2.45, 2.75) is 20.4 Å². The van der Waals surface area contributed by atoms with Crippen molar-refractivity contribution in [3.05, 3.63) is 70.1 Å². The Labute approximate surface area is 133 Å². The molecule has 116 valence electrons. The Morgan fingerprint density at radius 3 is 2.65 bits per heavy atom. The molecule has 0 aliphatic rings. The van der Waals surface area contributed by atoms with Gasteiger partial charge in [0.2, 0.25) is 0 Å². The molecule has 23 heavy (non-hydrogen) atoms. The third-order valence-corrected chi connectivity index (χ3v) is 3.72. The van der Waals surface area contributed by atoms with Crippen LogP contribution in [0.2, 0.25) is 0 Å². The smallest absolute Gasteiger partial charge is 0.265 e. The van der Waals surface area contributed by atoms with Gasteiger partial charge in [0.05, 0.1) is 0 Å². The molecule has 1 aromatic carbocycles. The van der Waals surface area contributed by atoms with E-state index in [0.29, 0.717) is 17.9 Å². The van der Waals surface area contributed by atoms with Crippen molar-refractivity contribution in [1.29, 1.82) is 0 Å². The quantitative estimate of drug-likeness (QED) is 0.809. The lowest BCUT2D eigenvalue weighted by Crippen LogP contribution is -2.29. The molecule has 0 saturated carbocycles. The highest BCUT2D eigenvalue weighted by atomic mass is 16.2. The molecule has 0 saturated heterocycles. The molecule has 0 spiro atoms. The van der Waals surface area contributed by atoms with Gasteiger partial charge in [-0.3, -0.25) is 14.2 Å². The summed E-state index contributed by atoms with van der Waals surface area (Å²) >= 11 is 0. The molecule has 0 aliphatic carbocycles. The van der Waals surface area contributed by atoms with Gasteiger partial charge >= 0.3 is 0 Å². The highest BCUT2D eigenvalue weighted by Crippen LogP contribution is 2.13. The maximum absolute atomic E-state index is 12.6. The van der Waals surface area contributed by atoms with Gasteiger partial charge in [-0.25, -0.2) is 4.98 Å². The SMILES string of the molecule is CCn1c(=O)c(C(=O)Nc2ccc(C)cc2)cc2cccnc21. The van der Waals surface area contributed by atoms with Crippen LogP contribution in [0.25, 0.3) is 11.0 Å². The van der Waals surface area contributed by atoms with Crippen molar-refractivity contribution in [3.8, 4) is 0 Å². The van der Waals surface area contributed by atoms with Crippen LogP contribution in [0, 0.1) is 6.92 Å². The number of carbonyl (C=O) groups excluding carboxylic acids is 1. The second-order valence-electron chi connectivity index (χ2n) is 5.34. The Bertz CT molecular complexity index is 927. The Morgan fingerprint density at radius 1 is 1.22 bits per heavy atom. The number of nitrogens with zero attached hydrogens (tertiary/aromatic N) is 2. The highest BCUT2D eigenvalue weighted by Gasteiger charge is 2.15. The second-order valence-corrected chi connectivity index (χ2v) is 5.34. The van der Waals surface area contributed by atoms with E-state index in [0.717, 1.165) is 10.9 Å². The normalized spacial score (nSPS) is 10.7. The number of anilines is 1. The summed E-state index contributed by atoms with van der Waals surface area (Å²) in [4.78, 5) is 29.3. The van der Waals surface area contributed by atoms with E-state index in [2.05, 4.69) is 10.3 Å². The van der Waals surface area contributed by atoms with Crippen LogP contribution in [0.1, 0.15) is 22.8 Å². The average molecular weight is 307 g/mol. The van der Waals surface area contributed by atoms with E-state index in [1.807, 2.05) is 44.2 Å². The third kappa shape index (κ3) is 2.85. The standard InChI is InChI=1S/C18H17N3O2/c1-3-21-16-13(5-4-10-19-16)11-15(18(21)23)17(22)20-14-8-6-12(2)7-9-14/h4-11H,3H2,1-2H3,(H,20,22). The molecule has 5 nitrogen and oxygen atoms in total. The van der Waals surface area contributed by atoms with E-state index < -0.39 is 5.91 Å². The number of rotatable bonds is 3. The minimum atomic E-state index is -0.410. The van der Waals surface area contributed by atoms with E-state index in [-0.39, 0.29) is 11.1 Å². The second kappa shape index (κ2) is 6.04. The molecule has 0 fully saturated rings. The zero-order valence-corrected chi connectivity index (χ0v) is 13.0. The number of amides is 1. The molecule has 2 heterocycles. The summed E-state index contributed by atoms with van der Waals surface area (Å²) < 4.78 is 1.51. The molecule has 0 radical (unpaired) electrons. The van der Waals surface area contributed by atoms with Gasteiger partial charge in [-0.2, -0.15) is 0 Å². The van der Waals surface area contributed by atoms with Crippen molar-refractivity contribution in [3.63, 3.8) is 0 Å². The van der Waals surface area contributed by atoms with E-state index in [4.69, 9.17) is 0 Å². The number of pyridine rings is 2. The first kappa shape index (κ1) is 15.0. The zero-order chi connectivity index (χ0) is 16.4. The molecule has 2 aromatic heterocycles. The molecule has 3 rings (SSSR count). The van der Waals surface area contributed by atoms with Crippen LogP contribution in [0.15, 0.2) is 53.5 Å². The average Bonchev–Trinajstić information content (AvgIpc) is 2.56. The van der Waals surface area contributed by atoms with Crippen molar-refractivity contribution in [2.75, 3.05) is 5.32 Å². The molecule has 3 aromatic rings. The van der Waals surface area contributed by atoms with Crippen LogP contribution < -0.4 is 10.9 Å². The molecule has 0 unspecified atom stereocenters. The molecule has 0 aliphatic heterocycles. The number of aryl methyl sites for hydroxylation is 2. The van der Waals surface area contributed by atoms with Crippen molar-refractivity contribution >= 4 is 22.6 Å². The number of benzene rings is 1. The summed E-state index contributed by atoms with van der Waals surface area (Å²) in [7, 11) is 0. The summed E-state index contributed by atoms with van der Waals surface area (Å²) in [6.45, 7) is 4.29. The monoisotopic (exact) mass is 307 g/mol. The molecule has 1 amide bonds. The van der Waals surface area contributed by atoms with Gasteiger partial charge in [-0.05, 0) is 44.2 Å². The zero-order valence-electron chi connectivity index (χ0n) is 13.0. The van der Waals surface area contributed by atoms with Gasteiger partial charge in [0.1, 0.15) is 11.2 Å². The Kier molecular flexibility index (Phi) is 3.93. The number of nitrogens with one attached hydrogen (secondary N) is 1. The Morgan fingerprint density at radius 2 is 1.96 bits per heavy atom. The fraction of sp³-hybridized carbons (Fsp3) is 0.167. The third-order valence-electron chi connectivity index (χ3n) is 3.72. The summed E-state index contributed by atoms with van der Waals surface area (Å²) in [6, 6.07) is 12.7. The summed E-state index contributed by atoms with van der Waals surface area (Å²) in [6.07, 6.45) is 1.64. The van der Waals surface area contributed by atoms with Crippen LogP contribution in [0.5, 0.6) is 0 Å². The lowest BCUT2D eigenvalue weighted by molar-refractivity contribution is 0.102. The predicted molar refractivity (Wildman–Crippen MR) is 90.8 cm³/mol. The molecule has 0 bridgehead atoms. The van der Waals surface area contributed by atoms with E-state index in [9.17, 15) is 9.59 Å². The van der Waals surface area contributed by atoms with Gasteiger partial charge < -0.3 is 5.32 Å². The summed E-state index contributed by atoms with van der Waals surface area (Å²) in [5.41, 5.74) is 2.14. The maximum Gasteiger partial charge on any atom is 0.265 e. The van der Waals surface area contributed by atoms with Crippen LogP contribution >= 0.6 is 0 Å². The number of hydrogen-bond acceptors (Lipinski definition) is 3. The van der Waals surface area contributed by atoms with Crippen molar-refractivity contribution in [2.24, 2.45) is 0 Å². The summed E-state index contributed by atoms with van der Waals surface area (Å²) in [5, 5.41) is 3.54. The number of fused-ring (bicyclic) bond motifs is 1. The van der Waals surface area contributed by atoms with E-state index >= 15 is 0 Å². The van der Waals surface area contributed by atoms with Crippen molar-refractivity contribution in [1.82, 2.24) is 9.55 Å². The molecular weight excluding hydrogens is 290 g/mol. The predicted octanol–water partition coefficient (Wildman–Crippen LogP) is 2.98. The Hall–Kier alpha value is -2.95. The first-order valence-corrected chi connectivity index (χ1v) is 7.46. The van der Waals surface area contributed by atoms with Gasteiger partial charge in [0.25, 0.3) is 11.5 Å². The van der Waals surface area contributed by atoms with Crippen LogP contribution in [-0.2, 0) is 6.54 Å². The topological polar surface area (TPSA) is 64.0 Å². The number of aromatic nitrogens is 2. The van der Waals surface area contributed by atoms with E-state index in [1.54, 1.807) is 18.3 Å². The summed E-state index contributed by atoms with van der Waals surface area (Å²) in [5.74, 6) is -0.410. The number of hydrogen-bond donors (Lipinski definition) is 1. The minimum Gasteiger partial charge on any atom is -0.322 e. The largest absolute Gasteiger partial charge is 0.322 e. The van der Waals surface area contributed by atoms with Crippen LogP contribution in [0.3, 0.4) is 0 Å². The van der Waals surface area contributed by atoms with Gasteiger partial charge in [0.15, 0.2) is 0 Å². The van der Waals surface area contributed by atoms with Crippen molar-refractivity contribution < 1.29 is 4.79 Å². The highest BCUT2D eigenvalue weighted by molar-refractivity contribution is 6.05. The van der Waals surface area contributed by atoms with Gasteiger partial charge in [-0.15, -0.1) is 0 Å². The van der Waals surface area contributed by atoms with Crippen LogP contribution in [0.4, 0.5) is 5.69 Å². The van der Waals surface area contributed by atoms with E-state index in [1.165, 1.54) is 4.57 Å². The fourth-order valence-corrected chi connectivity index (χ4v) is 2.50. The molecule has 5 heteroatoms. The van der Waals surface area contributed by atoms with Gasteiger partial charge in [-0.1, -0.05) is 17.7 Å². The molecular formula is C18H17N3O2. The first-order valence-electron chi connectivity index (χ1n) is 7.46. The molecule has 1 N–H and O–H groups in total. The van der Waals surface area contributed by atoms with Gasteiger partial charge in [0, 0.05) is 23.8 Å².